The van der Waals surface area contributed by atoms with E-state index in [2.05, 4.69) is 0 Å². The Hall–Kier alpha value is -3.52. The van der Waals surface area contributed by atoms with Crippen LogP contribution in [0.3, 0.4) is 0 Å². The summed E-state index contributed by atoms with van der Waals surface area (Å²) in [7, 11) is 0. The number of carbonyl (C=O) groups is 2. The van der Waals surface area contributed by atoms with Gasteiger partial charge in [0.15, 0.2) is 0 Å². The van der Waals surface area contributed by atoms with Crippen molar-refractivity contribution in [1.82, 2.24) is 4.90 Å². The summed E-state index contributed by atoms with van der Waals surface area (Å²) in [5.41, 5.74) is 0.376. The van der Waals surface area contributed by atoms with E-state index in [0.717, 1.165) is 0 Å². The van der Waals surface area contributed by atoms with E-state index in [1.54, 1.807) is 36.4 Å². The predicted molar refractivity (Wildman–Crippen MR) is 100 cm³/mol. The molecule has 0 spiro atoms. The molecule has 1 amide bonds. The molecule has 0 radical (unpaired) electrons. The number of ketones is 1. The van der Waals surface area contributed by atoms with E-state index in [0.29, 0.717) is 11.1 Å². The molecular weight excluding hydrogens is 364 g/mol. The van der Waals surface area contributed by atoms with Gasteiger partial charge in [-0.05, 0) is 12.0 Å². The summed E-state index contributed by atoms with van der Waals surface area (Å²) in [6.07, 6.45) is 0.226. The highest BCUT2D eigenvalue weighted by Gasteiger charge is 2.46. The molecule has 0 bridgehead atoms. The Morgan fingerprint density at radius 2 is 1.82 bits per heavy atom. The summed E-state index contributed by atoms with van der Waals surface area (Å²) in [5, 5.41) is 31.0. The summed E-state index contributed by atoms with van der Waals surface area (Å²) in [5.74, 6) is -2.03. The molecule has 1 fully saturated rings. The zero-order chi connectivity index (χ0) is 20.3. The normalized spacial score (nSPS) is 18.5. The standard InChI is InChI=1S/C20H18N2O6/c23-11-5-10-21-17(14-8-4-9-15(12-14)22(27)28)16(19(25)20(21)26)18(24)13-6-2-1-3-7-13/h1-4,6-9,12,17,23-24H,5,10-11H2/b18-16+/t17-/m1/s1. The average molecular weight is 382 g/mol. The molecule has 1 heterocycles. The van der Waals surface area contributed by atoms with E-state index in [-0.39, 0.29) is 36.6 Å². The fourth-order valence-electron chi connectivity index (χ4n) is 3.26. The number of carbonyl (C=O) groups excluding carboxylic acids is 2. The van der Waals surface area contributed by atoms with E-state index in [4.69, 9.17) is 5.11 Å². The van der Waals surface area contributed by atoms with Crippen molar-refractivity contribution < 1.29 is 24.7 Å². The second kappa shape index (κ2) is 8.01. The van der Waals surface area contributed by atoms with Crippen LogP contribution >= 0.6 is 0 Å². The molecule has 0 aliphatic carbocycles. The lowest BCUT2D eigenvalue weighted by Crippen LogP contribution is -2.31. The minimum atomic E-state index is -0.980. The Morgan fingerprint density at radius 1 is 1.11 bits per heavy atom. The van der Waals surface area contributed by atoms with Gasteiger partial charge in [-0.3, -0.25) is 19.7 Å². The number of hydrogen-bond acceptors (Lipinski definition) is 6. The molecule has 8 nitrogen and oxygen atoms in total. The van der Waals surface area contributed by atoms with E-state index < -0.39 is 22.7 Å². The van der Waals surface area contributed by atoms with Gasteiger partial charge in [0.2, 0.25) is 0 Å². The van der Waals surface area contributed by atoms with Crippen molar-refractivity contribution in [3.05, 3.63) is 81.4 Å². The van der Waals surface area contributed by atoms with Crippen LogP contribution in [-0.4, -0.2) is 44.9 Å². The number of aliphatic hydroxyl groups is 2. The fourth-order valence-corrected chi connectivity index (χ4v) is 3.26. The van der Waals surface area contributed by atoms with Crippen LogP contribution < -0.4 is 0 Å². The summed E-state index contributed by atoms with van der Waals surface area (Å²) < 4.78 is 0. The number of hydrogen-bond donors (Lipinski definition) is 2. The molecule has 1 aliphatic heterocycles. The van der Waals surface area contributed by atoms with Crippen molar-refractivity contribution in [2.24, 2.45) is 0 Å². The SMILES string of the molecule is O=C1C(=O)N(CCCO)[C@H](c2cccc([N+](=O)[O-])c2)/C1=C(\O)c1ccccc1. The number of nitrogens with zero attached hydrogens (tertiary/aromatic N) is 2. The molecule has 3 rings (SSSR count). The van der Waals surface area contributed by atoms with Gasteiger partial charge in [-0.2, -0.15) is 0 Å². The Kier molecular flexibility index (Phi) is 5.51. The molecular formula is C20H18N2O6. The second-order valence-corrected chi connectivity index (χ2v) is 6.29. The van der Waals surface area contributed by atoms with Crippen LogP contribution in [0.5, 0.6) is 0 Å². The molecule has 0 aromatic heterocycles. The van der Waals surface area contributed by atoms with E-state index >= 15 is 0 Å². The molecule has 2 aromatic rings. The Labute approximate surface area is 160 Å². The lowest BCUT2D eigenvalue weighted by atomic mass is 9.95. The number of nitro groups is 1. The molecule has 0 unspecified atom stereocenters. The maximum Gasteiger partial charge on any atom is 0.295 e. The first kappa shape index (κ1) is 19.2. The average Bonchev–Trinajstić information content (AvgIpc) is 2.97. The molecule has 1 aliphatic rings. The number of nitro benzene ring substituents is 1. The third-order valence-electron chi connectivity index (χ3n) is 4.54. The largest absolute Gasteiger partial charge is 0.507 e. The molecule has 0 saturated carbocycles. The Bertz CT molecular complexity index is 954. The Balaban J connectivity index is 2.18. The third-order valence-corrected chi connectivity index (χ3v) is 4.54. The highest BCUT2D eigenvalue weighted by Crippen LogP contribution is 2.40. The van der Waals surface area contributed by atoms with Crippen molar-refractivity contribution in [2.75, 3.05) is 13.2 Å². The van der Waals surface area contributed by atoms with Gasteiger partial charge < -0.3 is 15.1 Å². The number of amides is 1. The van der Waals surface area contributed by atoms with Gasteiger partial charge in [-0.1, -0.05) is 42.5 Å². The van der Waals surface area contributed by atoms with Crippen molar-refractivity contribution in [3.63, 3.8) is 0 Å². The van der Waals surface area contributed by atoms with E-state index in [9.17, 15) is 24.8 Å². The minimum Gasteiger partial charge on any atom is -0.507 e. The summed E-state index contributed by atoms with van der Waals surface area (Å²) in [4.78, 5) is 37.1. The molecule has 2 aromatic carbocycles. The van der Waals surface area contributed by atoms with Gasteiger partial charge in [0.1, 0.15) is 5.76 Å². The predicted octanol–water partition coefficient (Wildman–Crippen LogP) is 2.40. The quantitative estimate of drug-likeness (QED) is 0.260. The van der Waals surface area contributed by atoms with Gasteiger partial charge in [0.25, 0.3) is 17.4 Å². The van der Waals surface area contributed by atoms with Gasteiger partial charge >= 0.3 is 0 Å². The molecule has 2 N–H and O–H groups in total. The first-order chi connectivity index (χ1) is 13.5. The number of Topliss-reactive ketones (excluding diaryl/α,β-unsaturated/α-hetero) is 1. The van der Waals surface area contributed by atoms with E-state index in [1.165, 1.54) is 23.1 Å². The third kappa shape index (κ3) is 3.49. The maximum absolute atomic E-state index is 12.7. The number of benzene rings is 2. The molecule has 28 heavy (non-hydrogen) atoms. The minimum absolute atomic E-state index is 0.0694. The first-order valence-electron chi connectivity index (χ1n) is 8.64. The van der Waals surface area contributed by atoms with Crippen LogP contribution in [-0.2, 0) is 9.59 Å². The molecule has 1 saturated heterocycles. The van der Waals surface area contributed by atoms with Crippen LogP contribution in [0.2, 0.25) is 0 Å². The smallest absolute Gasteiger partial charge is 0.295 e. The zero-order valence-electron chi connectivity index (χ0n) is 14.8. The Morgan fingerprint density at radius 3 is 2.46 bits per heavy atom. The highest BCUT2D eigenvalue weighted by molar-refractivity contribution is 6.46. The van der Waals surface area contributed by atoms with Crippen LogP contribution in [0.1, 0.15) is 23.6 Å². The van der Waals surface area contributed by atoms with Gasteiger partial charge in [0, 0.05) is 30.8 Å². The summed E-state index contributed by atoms with van der Waals surface area (Å²) in [6.45, 7) is -0.122. The highest BCUT2D eigenvalue weighted by atomic mass is 16.6. The maximum atomic E-state index is 12.7. The second-order valence-electron chi connectivity index (χ2n) is 6.29. The van der Waals surface area contributed by atoms with Crippen LogP contribution in [0.4, 0.5) is 5.69 Å². The number of non-ortho nitro benzene ring substituents is 1. The summed E-state index contributed by atoms with van der Waals surface area (Å²) in [6, 6.07) is 12.9. The topological polar surface area (TPSA) is 121 Å². The number of likely N-dealkylation sites (tertiary alicyclic amines) is 1. The number of aliphatic hydroxyl groups excluding tert-OH is 2. The zero-order valence-corrected chi connectivity index (χ0v) is 14.8. The first-order valence-corrected chi connectivity index (χ1v) is 8.64. The fraction of sp³-hybridized carbons (Fsp3) is 0.200. The lowest BCUT2D eigenvalue weighted by molar-refractivity contribution is -0.384. The van der Waals surface area contributed by atoms with Crippen molar-refractivity contribution in [1.29, 1.82) is 0 Å². The van der Waals surface area contributed by atoms with Crippen molar-refractivity contribution in [3.8, 4) is 0 Å². The molecule has 8 heteroatoms. The van der Waals surface area contributed by atoms with Crippen molar-refractivity contribution in [2.45, 2.75) is 12.5 Å². The summed E-state index contributed by atoms with van der Waals surface area (Å²) >= 11 is 0. The lowest BCUT2D eigenvalue weighted by Gasteiger charge is -2.25. The monoisotopic (exact) mass is 382 g/mol. The van der Waals surface area contributed by atoms with Crippen LogP contribution in [0.25, 0.3) is 5.76 Å². The molecule has 144 valence electrons. The van der Waals surface area contributed by atoms with Gasteiger partial charge in [-0.15, -0.1) is 0 Å². The van der Waals surface area contributed by atoms with Crippen molar-refractivity contribution >= 4 is 23.1 Å². The number of rotatable bonds is 6. The van der Waals surface area contributed by atoms with Crippen LogP contribution in [0.15, 0.2) is 60.2 Å². The van der Waals surface area contributed by atoms with E-state index in [1.807, 2.05) is 0 Å². The van der Waals surface area contributed by atoms with Crippen LogP contribution in [0, 0.1) is 10.1 Å². The van der Waals surface area contributed by atoms with Gasteiger partial charge in [-0.25, -0.2) is 0 Å². The van der Waals surface area contributed by atoms with Gasteiger partial charge in [0.05, 0.1) is 16.5 Å². The molecule has 1 atom stereocenters.